The maximum Gasteiger partial charge on any atom is 0.290 e. The Hall–Kier alpha value is -3.12. The quantitative estimate of drug-likeness (QED) is 0.582. The average molecular weight is 437 g/mol. The van der Waals surface area contributed by atoms with E-state index in [4.69, 9.17) is 4.74 Å². The minimum absolute atomic E-state index is 0.120. The van der Waals surface area contributed by atoms with Crippen LogP contribution in [-0.2, 0) is 9.59 Å². The molecule has 1 aliphatic heterocycles. The van der Waals surface area contributed by atoms with E-state index in [1.54, 1.807) is 4.90 Å². The van der Waals surface area contributed by atoms with Crippen LogP contribution < -0.4 is 4.74 Å². The van der Waals surface area contributed by atoms with Gasteiger partial charge in [0, 0.05) is 13.0 Å². The maximum absolute atomic E-state index is 13.1. The molecule has 3 rings (SSSR count). The molecule has 1 N–H and O–H groups in total. The van der Waals surface area contributed by atoms with E-state index in [1.165, 1.54) is 0 Å². The van der Waals surface area contributed by atoms with Crippen LogP contribution in [0.1, 0.15) is 38.3 Å². The number of hydrogen-bond donors (Lipinski definition) is 1. The lowest BCUT2D eigenvalue weighted by atomic mass is 9.92. The van der Waals surface area contributed by atoms with Crippen molar-refractivity contribution in [2.24, 2.45) is 5.92 Å². The lowest BCUT2D eigenvalue weighted by molar-refractivity contribution is -0.129. The number of hydrogen-bond acceptors (Lipinski definition) is 5. The Bertz CT molecular complexity index is 982. The Kier molecular flexibility index (Phi) is 7.70. The average Bonchev–Trinajstić information content (AvgIpc) is 2.99. The summed E-state index contributed by atoms with van der Waals surface area (Å²) < 4.78 is 5.97. The number of carbonyl (C=O) groups is 2. The van der Waals surface area contributed by atoms with Crippen molar-refractivity contribution in [1.82, 2.24) is 9.80 Å². The smallest absolute Gasteiger partial charge is 0.290 e. The first kappa shape index (κ1) is 23.5. The third-order valence-corrected chi connectivity index (χ3v) is 5.35. The summed E-state index contributed by atoms with van der Waals surface area (Å²) in [4.78, 5) is 29.7. The van der Waals surface area contributed by atoms with E-state index in [1.807, 2.05) is 87.4 Å². The molecule has 0 aromatic heterocycles. The van der Waals surface area contributed by atoms with Crippen LogP contribution in [0.25, 0.3) is 0 Å². The van der Waals surface area contributed by atoms with E-state index in [9.17, 15) is 14.7 Å². The number of carbonyl (C=O) groups excluding carboxylic acids is 2. The van der Waals surface area contributed by atoms with Gasteiger partial charge in [0.15, 0.2) is 11.5 Å². The minimum atomic E-state index is -0.629. The van der Waals surface area contributed by atoms with Gasteiger partial charge in [0.2, 0.25) is 0 Å². The summed E-state index contributed by atoms with van der Waals surface area (Å²) in [5.41, 5.74) is 0.929. The summed E-state index contributed by atoms with van der Waals surface area (Å²) in [5.74, 6) is 0.311. The number of aliphatic hydroxyl groups is 1. The highest BCUT2D eigenvalue weighted by molar-refractivity contribution is 6.09. The Morgan fingerprint density at radius 1 is 1.09 bits per heavy atom. The fourth-order valence-corrected chi connectivity index (χ4v) is 3.93. The number of rotatable bonds is 10. The zero-order valence-corrected chi connectivity index (χ0v) is 19.2. The highest BCUT2D eigenvalue weighted by atomic mass is 16.5. The van der Waals surface area contributed by atoms with Gasteiger partial charge in [0.05, 0.1) is 11.6 Å². The molecule has 0 aliphatic carbocycles. The van der Waals surface area contributed by atoms with Crippen molar-refractivity contribution < 1.29 is 19.4 Å². The number of aliphatic hydroxyl groups excluding tert-OH is 1. The maximum atomic E-state index is 13.1. The van der Waals surface area contributed by atoms with E-state index >= 15 is 0 Å². The molecule has 0 radical (unpaired) electrons. The molecule has 1 unspecified atom stereocenters. The fourth-order valence-electron chi connectivity index (χ4n) is 3.93. The van der Waals surface area contributed by atoms with Crippen LogP contribution in [-0.4, -0.2) is 53.8 Å². The van der Waals surface area contributed by atoms with Crippen molar-refractivity contribution in [2.45, 2.75) is 32.7 Å². The lowest BCUT2D eigenvalue weighted by Gasteiger charge is -2.28. The Morgan fingerprint density at radius 2 is 1.78 bits per heavy atom. The van der Waals surface area contributed by atoms with Crippen LogP contribution in [0.5, 0.6) is 11.5 Å². The zero-order valence-electron chi connectivity index (χ0n) is 19.2. The molecule has 1 atom stereocenters. The van der Waals surface area contributed by atoms with Gasteiger partial charge in [0.1, 0.15) is 11.5 Å². The van der Waals surface area contributed by atoms with Gasteiger partial charge < -0.3 is 19.6 Å². The lowest BCUT2D eigenvalue weighted by Crippen LogP contribution is -2.33. The summed E-state index contributed by atoms with van der Waals surface area (Å²) in [6, 6.07) is 16.2. The first-order chi connectivity index (χ1) is 15.3. The monoisotopic (exact) mass is 436 g/mol. The third kappa shape index (κ3) is 5.56. The molecular weight excluding hydrogens is 404 g/mol. The van der Waals surface area contributed by atoms with Gasteiger partial charge in [-0.1, -0.05) is 44.2 Å². The van der Waals surface area contributed by atoms with Gasteiger partial charge in [-0.25, -0.2) is 0 Å². The van der Waals surface area contributed by atoms with Crippen molar-refractivity contribution >= 4 is 11.7 Å². The summed E-state index contributed by atoms with van der Waals surface area (Å²) in [6.07, 6.45) is 1.00. The van der Waals surface area contributed by atoms with Crippen molar-refractivity contribution in [1.29, 1.82) is 0 Å². The molecule has 0 saturated heterocycles. The predicted octanol–water partition coefficient (Wildman–Crippen LogP) is 4.74. The molecule has 0 bridgehead atoms. The van der Waals surface area contributed by atoms with Crippen molar-refractivity contribution in [3.05, 3.63) is 71.5 Å². The first-order valence-electron chi connectivity index (χ1n) is 11.0. The number of Topliss-reactive ketones (excluding diaryl/α,β-unsaturated/α-hetero) is 1. The SMILES string of the molecule is CC(C)CC(=O)C1=C(O)C(=O)N(CCCN(C)C)C1c1cccc(Oc2ccccc2)c1. The molecule has 0 fully saturated rings. The van der Waals surface area contributed by atoms with E-state index in [2.05, 4.69) is 0 Å². The Labute approximate surface area is 190 Å². The van der Waals surface area contributed by atoms with Gasteiger partial charge in [-0.3, -0.25) is 9.59 Å². The number of ketones is 1. The zero-order chi connectivity index (χ0) is 23.3. The predicted molar refractivity (Wildman–Crippen MR) is 125 cm³/mol. The molecular formula is C26H32N2O4. The van der Waals surface area contributed by atoms with Crippen LogP contribution in [0.4, 0.5) is 0 Å². The van der Waals surface area contributed by atoms with Crippen LogP contribution in [0.2, 0.25) is 0 Å². The largest absolute Gasteiger partial charge is 0.503 e. The van der Waals surface area contributed by atoms with E-state index in [0.717, 1.165) is 18.5 Å². The number of para-hydroxylation sites is 1. The molecule has 6 heteroatoms. The second-order valence-corrected chi connectivity index (χ2v) is 8.83. The number of nitrogens with zero attached hydrogens (tertiary/aromatic N) is 2. The van der Waals surface area contributed by atoms with Crippen LogP contribution in [0, 0.1) is 5.92 Å². The summed E-state index contributed by atoms with van der Waals surface area (Å²) in [6.45, 7) is 5.13. The first-order valence-corrected chi connectivity index (χ1v) is 11.0. The number of amides is 1. The molecule has 32 heavy (non-hydrogen) atoms. The topological polar surface area (TPSA) is 70.1 Å². The van der Waals surface area contributed by atoms with Gasteiger partial charge >= 0.3 is 0 Å². The van der Waals surface area contributed by atoms with E-state index in [-0.39, 0.29) is 23.7 Å². The molecule has 2 aromatic carbocycles. The molecule has 1 heterocycles. The molecule has 0 saturated carbocycles. The molecule has 0 spiro atoms. The third-order valence-electron chi connectivity index (χ3n) is 5.35. The fraction of sp³-hybridized carbons (Fsp3) is 0.385. The summed E-state index contributed by atoms with van der Waals surface area (Å²) >= 11 is 0. The van der Waals surface area contributed by atoms with Crippen LogP contribution >= 0.6 is 0 Å². The van der Waals surface area contributed by atoms with E-state index in [0.29, 0.717) is 18.0 Å². The molecule has 1 amide bonds. The second-order valence-electron chi connectivity index (χ2n) is 8.83. The van der Waals surface area contributed by atoms with Crippen molar-refractivity contribution in [3.8, 4) is 11.5 Å². The van der Waals surface area contributed by atoms with Gasteiger partial charge in [-0.2, -0.15) is 0 Å². The summed E-state index contributed by atoms with van der Waals surface area (Å²) in [7, 11) is 3.95. The van der Waals surface area contributed by atoms with Crippen LogP contribution in [0.15, 0.2) is 65.9 Å². The van der Waals surface area contributed by atoms with E-state index < -0.39 is 17.7 Å². The molecule has 2 aromatic rings. The highest BCUT2D eigenvalue weighted by Crippen LogP contribution is 2.40. The van der Waals surface area contributed by atoms with Gasteiger partial charge in [-0.15, -0.1) is 0 Å². The molecule has 6 nitrogen and oxygen atoms in total. The molecule has 1 aliphatic rings. The second kappa shape index (κ2) is 10.5. The van der Waals surface area contributed by atoms with Crippen molar-refractivity contribution in [3.63, 3.8) is 0 Å². The van der Waals surface area contributed by atoms with Crippen LogP contribution in [0.3, 0.4) is 0 Å². The normalized spacial score (nSPS) is 16.4. The highest BCUT2D eigenvalue weighted by Gasteiger charge is 2.43. The summed E-state index contributed by atoms with van der Waals surface area (Å²) in [5, 5.41) is 10.7. The Balaban J connectivity index is 1.95. The van der Waals surface area contributed by atoms with Gasteiger partial charge in [-0.05, 0) is 62.8 Å². The Morgan fingerprint density at radius 3 is 2.44 bits per heavy atom. The van der Waals surface area contributed by atoms with Gasteiger partial charge in [0.25, 0.3) is 5.91 Å². The molecule has 170 valence electrons. The number of ether oxygens (including phenoxy) is 1. The van der Waals surface area contributed by atoms with Crippen molar-refractivity contribution in [2.75, 3.05) is 27.2 Å². The minimum Gasteiger partial charge on any atom is -0.503 e. The standard InChI is InChI=1S/C26H32N2O4/c1-18(2)16-22(29)23-24(28(26(31)25(23)30)15-9-14-27(3)4)19-10-8-13-21(17-19)32-20-11-6-5-7-12-20/h5-8,10-13,17-18,24,30H,9,14-16H2,1-4H3. The number of benzene rings is 2.